The number of hydrogen-bond donors (Lipinski definition) is 1. The lowest BCUT2D eigenvalue weighted by Gasteiger charge is -2.05. The van der Waals surface area contributed by atoms with E-state index in [9.17, 15) is 5.11 Å². The predicted molar refractivity (Wildman–Crippen MR) is 74.0 cm³/mol. The Hall–Kier alpha value is -2.80. The molecule has 0 radical (unpaired) electrons. The summed E-state index contributed by atoms with van der Waals surface area (Å²) in [6.07, 6.45) is 5.26. The van der Waals surface area contributed by atoms with E-state index < -0.39 is 6.10 Å². The van der Waals surface area contributed by atoms with Crippen molar-refractivity contribution in [2.24, 2.45) is 0 Å². The monoisotopic (exact) mass is 283 g/mol. The van der Waals surface area contributed by atoms with Crippen LogP contribution in [-0.2, 0) is 0 Å². The number of methoxy groups -OCH3 is 1. The summed E-state index contributed by atoms with van der Waals surface area (Å²) in [5, 5.41) is 18.2. The topological polar surface area (TPSA) is 86.0 Å². The van der Waals surface area contributed by atoms with Crippen molar-refractivity contribution in [3.8, 4) is 11.4 Å². The summed E-state index contributed by atoms with van der Waals surface area (Å²) < 4.78 is 6.68. The molecule has 0 amide bonds. The largest absolute Gasteiger partial charge is 0.497 e. The SMILES string of the molecule is COc1ccc(-n2cc(C(O)c3cnccn3)nn2)cc1. The second-order valence-electron chi connectivity index (χ2n) is 4.32. The lowest BCUT2D eigenvalue weighted by molar-refractivity contribution is 0.209. The highest BCUT2D eigenvalue weighted by atomic mass is 16.5. The summed E-state index contributed by atoms with van der Waals surface area (Å²) in [6.45, 7) is 0. The van der Waals surface area contributed by atoms with E-state index >= 15 is 0 Å². The Labute approximate surface area is 120 Å². The number of aliphatic hydroxyl groups is 1. The van der Waals surface area contributed by atoms with Gasteiger partial charge in [-0.05, 0) is 24.3 Å². The molecule has 0 fully saturated rings. The first-order valence-electron chi connectivity index (χ1n) is 6.28. The van der Waals surface area contributed by atoms with Crippen LogP contribution in [-0.4, -0.2) is 37.2 Å². The van der Waals surface area contributed by atoms with E-state index in [0.717, 1.165) is 11.4 Å². The maximum absolute atomic E-state index is 10.2. The molecule has 0 aliphatic carbocycles. The van der Waals surface area contributed by atoms with Crippen molar-refractivity contribution < 1.29 is 9.84 Å². The fourth-order valence-electron chi connectivity index (χ4n) is 1.87. The molecule has 0 aliphatic rings. The molecule has 1 unspecified atom stereocenters. The van der Waals surface area contributed by atoms with Gasteiger partial charge in [0, 0.05) is 12.4 Å². The minimum atomic E-state index is -0.953. The maximum Gasteiger partial charge on any atom is 0.143 e. The number of aliphatic hydroxyl groups excluding tert-OH is 1. The van der Waals surface area contributed by atoms with Crippen molar-refractivity contribution in [3.05, 3.63) is 60.4 Å². The zero-order valence-corrected chi connectivity index (χ0v) is 11.3. The fraction of sp³-hybridized carbons (Fsp3) is 0.143. The van der Waals surface area contributed by atoms with Crippen LogP contribution in [0.3, 0.4) is 0 Å². The van der Waals surface area contributed by atoms with Gasteiger partial charge in [-0.3, -0.25) is 9.97 Å². The number of ether oxygens (including phenoxy) is 1. The summed E-state index contributed by atoms with van der Waals surface area (Å²) in [7, 11) is 1.61. The molecule has 0 bridgehead atoms. The molecule has 7 heteroatoms. The average molecular weight is 283 g/mol. The van der Waals surface area contributed by atoms with E-state index in [2.05, 4.69) is 20.3 Å². The lowest BCUT2D eigenvalue weighted by Crippen LogP contribution is -2.03. The number of aromatic nitrogens is 5. The highest BCUT2D eigenvalue weighted by Crippen LogP contribution is 2.19. The molecule has 3 aromatic rings. The quantitative estimate of drug-likeness (QED) is 0.773. The van der Waals surface area contributed by atoms with E-state index in [-0.39, 0.29) is 0 Å². The molecule has 2 heterocycles. The van der Waals surface area contributed by atoms with E-state index in [4.69, 9.17) is 4.74 Å². The van der Waals surface area contributed by atoms with E-state index in [1.165, 1.54) is 12.4 Å². The third-order valence-electron chi connectivity index (χ3n) is 2.99. The molecule has 2 aromatic heterocycles. The summed E-state index contributed by atoms with van der Waals surface area (Å²) >= 11 is 0. The van der Waals surface area contributed by atoms with Crippen LogP contribution in [0.1, 0.15) is 17.5 Å². The summed E-state index contributed by atoms with van der Waals surface area (Å²) in [6, 6.07) is 7.36. The van der Waals surface area contributed by atoms with Crippen LogP contribution in [0.4, 0.5) is 0 Å². The third-order valence-corrected chi connectivity index (χ3v) is 2.99. The first-order valence-corrected chi connectivity index (χ1v) is 6.28. The fourth-order valence-corrected chi connectivity index (χ4v) is 1.87. The molecule has 0 aliphatic heterocycles. The summed E-state index contributed by atoms with van der Waals surface area (Å²) in [5.41, 5.74) is 1.66. The second-order valence-corrected chi connectivity index (χ2v) is 4.32. The molecule has 0 spiro atoms. The third kappa shape index (κ3) is 2.72. The van der Waals surface area contributed by atoms with Gasteiger partial charge in [0.2, 0.25) is 0 Å². The van der Waals surface area contributed by atoms with Crippen molar-refractivity contribution >= 4 is 0 Å². The number of nitrogens with zero attached hydrogens (tertiary/aromatic N) is 5. The van der Waals surface area contributed by atoms with Gasteiger partial charge in [0.1, 0.15) is 17.5 Å². The number of benzene rings is 1. The van der Waals surface area contributed by atoms with Gasteiger partial charge in [0.15, 0.2) is 0 Å². The second kappa shape index (κ2) is 5.68. The Bertz CT molecular complexity index is 712. The van der Waals surface area contributed by atoms with Crippen molar-refractivity contribution in [1.29, 1.82) is 0 Å². The molecule has 3 rings (SSSR count). The molecule has 1 aromatic carbocycles. The van der Waals surface area contributed by atoms with Gasteiger partial charge in [-0.15, -0.1) is 5.10 Å². The van der Waals surface area contributed by atoms with E-state index in [0.29, 0.717) is 11.4 Å². The predicted octanol–water partition coefficient (Wildman–Crippen LogP) is 1.15. The summed E-state index contributed by atoms with van der Waals surface area (Å²) in [4.78, 5) is 7.98. The molecule has 1 N–H and O–H groups in total. The zero-order chi connectivity index (χ0) is 14.7. The van der Waals surface area contributed by atoms with Crippen LogP contribution in [0.15, 0.2) is 49.1 Å². The van der Waals surface area contributed by atoms with Gasteiger partial charge in [-0.2, -0.15) is 0 Å². The highest BCUT2D eigenvalue weighted by Gasteiger charge is 2.16. The highest BCUT2D eigenvalue weighted by molar-refractivity contribution is 5.36. The maximum atomic E-state index is 10.2. The van der Waals surface area contributed by atoms with Crippen LogP contribution >= 0.6 is 0 Å². The first-order chi connectivity index (χ1) is 10.3. The molecular formula is C14H13N5O2. The molecule has 106 valence electrons. The average Bonchev–Trinajstić information content (AvgIpc) is 3.05. The molecule has 7 nitrogen and oxygen atoms in total. The van der Waals surface area contributed by atoms with Crippen molar-refractivity contribution in [1.82, 2.24) is 25.0 Å². The van der Waals surface area contributed by atoms with Crippen LogP contribution in [0, 0.1) is 0 Å². The molecule has 21 heavy (non-hydrogen) atoms. The Morgan fingerprint density at radius 3 is 2.62 bits per heavy atom. The van der Waals surface area contributed by atoms with Gasteiger partial charge >= 0.3 is 0 Å². The summed E-state index contributed by atoms with van der Waals surface area (Å²) in [5.74, 6) is 0.763. The molecular weight excluding hydrogens is 270 g/mol. The minimum Gasteiger partial charge on any atom is -0.497 e. The Kier molecular flexibility index (Phi) is 3.57. The van der Waals surface area contributed by atoms with E-state index in [1.54, 1.807) is 24.2 Å². The van der Waals surface area contributed by atoms with E-state index in [1.807, 2.05) is 24.3 Å². The standard InChI is InChI=1S/C14H13N5O2/c1-21-11-4-2-10(3-5-11)19-9-13(17-18-19)14(20)12-8-15-6-7-16-12/h2-9,14,20H,1H3. The Morgan fingerprint density at radius 2 is 1.95 bits per heavy atom. The zero-order valence-electron chi connectivity index (χ0n) is 11.3. The molecule has 0 saturated carbocycles. The van der Waals surface area contributed by atoms with Crippen LogP contribution in [0.5, 0.6) is 5.75 Å². The molecule has 1 atom stereocenters. The smallest absolute Gasteiger partial charge is 0.143 e. The van der Waals surface area contributed by atoms with Gasteiger partial charge in [0.25, 0.3) is 0 Å². The van der Waals surface area contributed by atoms with Gasteiger partial charge in [-0.1, -0.05) is 5.21 Å². The van der Waals surface area contributed by atoms with Crippen LogP contribution < -0.4 is 4.74 Å². The first kappa shape index (κ1) is 13.2. The van der Waals surface area contributed by atoms with Crippen molar-refractivity contribution in [3.63, 3.8) is 0 Å². The number of hydrogen-bond acceptors (Lipinski definition) is 6. The van der Waals surface area contributed by atoms with Crippen molar-refractivity contribution in [2.75, 3.05) is 7.11 Å². The van der Waals surface area contributed by atoms with Gasteiger partial charge in [0.05, 0.1) is 30.9 Å². The molecule has 0 saturated heterocycles. The Morgan fingerprint density at radius 1 is 1.14 bits per heavy atom. The van der Waals surface area contributed by atoms with Gasteiger partial charge in [-0.25, -0.2) is 4.68 Å². The normalized spacial score (nSPS) is 12.1. The minimum absolute atomic E-state index is 0.409. The Balaban J connectivity index is 1.85. The van der Waals surface area contributed by atoms with Gasteiger partial charge < -0.3 is 9.84 Å². The lowest BCUT2D eigenvalue weighted by atomic mass is 10.2. The van der Waals surface area contributed by atoms with Crippen LogP contribution in [0.25, 0.3) is 5.69 Å². The van der Waals surface area contributed by atoms with Crippen molar-refractivity contribution in [2.45, 2.75) is 6.10 Å². The number of rotatable bonds is 4. The van der Waals surface area contributed by atoms with Crippen LogP contribution in [0.2, 0.25) is 0 Å².